The van der Waals surface area contributed by atoms with Crippen LogP contribution < -0.4 is 0 Å². The van der Waals surface area contributed by atoms with Gasteiger partial charge in [-0.25, -0.2) is 0 Å². The first-order valence-electron chi connectivity index (χ1n) is 8.37. The molecule has 0 atom stereocenters. The summed E-state index contributed by atoms with van der Waals surface area (Å²) in [6, 6.07) is 5.43. The van der Waals surface area contributed by atoms with Crippen LogP contribution in [0.1, 0.15) is 46.6 Å². The van der Waals surface area contributed by atoms with Gasteiger partial charge in [0, 0.05) is 23.6 Å². The minimum absolute atomic E-state index is 0.327. The molecule has 0 saturated carbocycles. The molecule has 0 aliphatic carbocycles. The van der Waals surface area contributed by atoms with Crippen LogP contribution in [0.2, 0.25) is 0 Å². The number of benzene rings is 1. The van der Waals surface area contributed by atoms with Crippen molar-refractivity contribution in [3.05, 3.63) is 30.0 Å². The van der Waals surface area contributed by atoms with Crippen LogP contribution in [0.15, 0.2) is 24.4 Å². The predicted octanol–water partition coefficient (Wildman–Crippen LogP) is 5.06. The molecule has 0 unspecified atom stereocenters. The number of phenols is 1. The predicted molar refractivity (Wildman–Crippen MR) is 98.7 cm³/mol. The lowest BCUT2D eigenvalue weighted by Crippen LogP contribution is -2.14. The van der Waals surface area contributed by atoms with Gasteiger partial charge in [0.2, 0.25) is 0 Å². The summed E-state index contributed by atoms with van der Waals surface area (Å²) in [5, 5.41) is 10.5. The van der Waals surface area contributed by atoms with E-state index in [1.54, 1.807) is 6.07 Å². The molecule has 2 aromatic rings. The highest BCUT2D eigenvalue weighted by molar-refractivity contribution is 5.84. The van der Waals surface area contributed by atoms with Crippen molar-refractivity contribution < 1.29 is 5.11 Å². The number of aromatic nitrogens is 1. The summed E-state index contributed by atoms with van der Waals surface area (Å²) < 4.78 is 0. The Balaban J connectivity index is 0.000000540. The Morgan fingerprint density at radius 3 is 2.27 bits per heavy atom. The van der Waals surface area contributed by atoms with Gasteiger partial charge in [-0.2, -0.15) is 0 Å². The van der Waals surface area contributed by atoms with Gasteiger partial charge in [-0.05, 0) is 50.2 Å². The number of nitrogens with zero attached hydrogens (tertiary/aromatic N) is 1. The number of fused-ring (bicyclic) bond motifs is 1. The van der Waals surface area contributed by atoms with Crippen LogP contribution in [0.4, 0.5) is 0 Å². The summed E-state index contributed by atoms with van der Waals surface area (Å²) >= 11 is 0. The molecule has 1 heterocycles. The largest absolute Gasteiger partial charge is 0.508 e. The fraction of sp³-hybridized carbons (Fsp3) is 0.579. The highest BCUT2D eigenvalue weighted by Gasteiger charge is 2.04. The first kappa shape index (κ1) is 20.5. The van der Waals surface area contributed by atoms with Crippen molar-refractivity contribution >= 4 is 10.9 Å². The third-order valence-electron chi connectivity index (χ3n) is 3.40. The van der Waals surface area contributed by atoms with E-state index in [9.17, 15) is 5.11 Å². The summed E-state index contributed by atoms with van der Waals surface area (Å²) in [6.45, 7) is 11.7. The maximum absolute atomic E-state index is 9.43. The molecule has 2 N–H and O–H groups in total. The molecular weight excluding hydrogens is 272 g/mol. The van der Waals surface area contributed by atoms with Crippen LogP contribution in [0, 0.1) is 5.92 Å². The summed E-state index contributed by atoms with van der Waals surface area (Å²) in [5.74, 6) is 1.21. The van der Waals surface area contributed by atoms with Crippen molar-refractivity contribution in [3.63, 3.8) is 0 Å². The topological polar surface area (TPSA) is 39.3 Å². The quantitative estimate of drug-likeness (QED) is 0.829. The molecule has 3 nitrogen and oxygen atoms in total. The van der Waals surface area contributed by atoms with Crippen LogP contribution in [0.3, 0.4) is 0 Å². The van der Waals surface area contributed by atoms with Gasteiger partial charge in [-0.1, -0.05) is 41.0 Å². The maximum atomic E-state index is 9.43. The van der Waals surface area contributed by atoms with Crippen molar-refractivity contribution in [2.24, 2.45) is 5.92 Å². The molecule has 0 amide bonds. The lowest BCUT2D eigenvalue weighted by molar-refractivity contribution is 0.414. The van der Waals surface area contributed by atoms with Crippen LogP contribution in [0.25, 0.3) is 10.9 Å². The zero-order chi connectivity index (χ0) is 17.1. The average Bonchev–Trinajstić information content (AvgIpc) is 2.90. The summed E-state index contributed by atoms with van der Waals surface area (Å²) in [4.78, 5) is 5.36. The third-order valence-corrected chi connectivity index (χ3v) is 3.40. The van der Waals surface area contributed by atoms with Crippen molar-refractivity contribution in [3.8, 4) is 5.75 Å². The van der Waals surface area contributed by atoms with Crippen molar-refractivity contribution in [2.75, 3.05) is 20.6 Å². The summed E-state index contributed by atoms with van der Waals surface area (Å²) in [7, 11) is 4.12. The Labute approximate surface area is 136 Å². The fourth-order valence-corrected chi connectivity index (χ4v) is 1.72. The minimum atomic E-state index is 0.327. The Bertz CT molecular complexity index is 515. The van der Waals surface area contributed by atoms with Gasteiger partial charge >= 0.3 is 0 Å². The van der Waals surface area contributed by atoms with Gasteiger partial charge in [0.15, 0.2) is 0 Å². The molecule has 3 heteroatoms. The molecule has 0 saturated heterocycles. The Hall–Kier alpha value is -1.48. The smallest absolute Gasteiger partial charge is 0.116 e. The Morgan fingerprint density at radius 1 is 1.18 bits per heavy atom. The first-order chi connectivity index (χ1) is 10.4. The van der Waals surface area contributed by atoms with Crippen molar-refractivity contribution in [1.29, 1.82) is 0 Å². The van der Waals surface area contributed by atoms with E-state index in [4.69, 9.17) is 0 Å². The molecule has 126 valence electrons. The minimum Gasteiger partial charge on any atom is -0.508 e. The Morgan fingerprint density at radius 2 is 1.77 bits per heavy atom. The molecule has 0 bridgehead atoms. The monoisotopic (exact) mass is 306 g/mol. The molecule has 0 aliphatic heterocycles. The number of hydrogen-bond acceptors (Lipinski definition) is 2. The molecule has 1 aromatic carbocycles. The number of aromatic amines is 1. The van der Waals surface area contributed by atoms with E-state index >= 15 is 0 Å². The molecule has 22 heavy (non-hydrogen) atoms. The highest BCUT2D eigenvalue weighted by Crippen LogP contribution is 2.23. The van der Waals surface area contributed by atoms with Crippen molar-refractivity contribution in [1.82, 2.24) is 9.88 Å². The van der Waals surface area contributed by atoms with Gasteiger partial charge in [0.1, 0.15) is 5.75 Å². The van der Waals surface area contributed by atoms with Gasteiger partial charge < -0.3 is 15.0 Å². The van der Waals surface area contributed by atoms with Gasteiger partial charge in [0.25, 0.3) is 0 Å². The second-order valence-electron chi connectivity index (χ2n) is 5.90. The molecule has 0 radical (unpaired) electrons. The standard InChI is InChI=1S/C12H16N2O.C5H12.C2H6/c1-14(2)6-5-9-8-13-12-4-3-10(15)7-11(9)12;1-4-5(2)3;1-2/h3-4,7-8,13,15H,5-6H2,1-2H3;5H,4H2,1-3H3;1-2H3. The van der Waals surface area contributed by atoms with Crippen LogP contribution in [-0.4, -0.2) is 35.6 Å². The van der Waals surface area contributed by atoms with E-state index in [-0.39, 0.29) is 0 Å². The van der Waals surface area contributed by atoms with Gasteiger partial charge in [-0.3, -0.25) is 0 Å². The number of phenolic OH excluding ortho intramolecular Hbond substituents is 1. The maximum Gasteiger partial charge on any atom is 0.116 e. The Kier molecular flexibility index (Phi) is 10.4. The average molecular weight is 306 g/mol. The van der Waals surface area contributed by atoms with E-state index in [2.05, 4.69) is 44.8 Å². The molecule has 1 aromatic heterocycles. The van der Waals surface area contributed by atoms with E-state index in [0.717, 1.165) is 29.8 Å². The first-order valence-corrected chi connectivity index (χ1v) is 8.37. The lowest BCUT2D eigenvalue weighted by Gasteiger charge is -2.08. The van der Waals surface area contributed by atoms with Crippen LogP contribution in [0.5, 0.6) is 5.75 Å². The van der Waals surface area contributed by atoms with Crippen LogP contribution in [-0.2, 0) is 6.42 Å². The molecule has 0 fully saturated rings. The number of hydrogen-bond donors (Lipinski definition) is 2. The van der Waals surface area contributed by atoms with Crippen molar-refractivity contribution in [2.45, 2.75) is 47.5 Å². The fourth-order valence-electron chi connectivity index (χ4n) is 1.72. The lowest BCUT2D eigenvalue weighted by atomic mass is 10.1. The van der Waals surface area contributed by atoms with Crippen LogP contribution >= 0.6 is 0 Å². The summed E-state index contributed by atoms with van der Waals surface area (Å²) in [5.41, 5.74) is 2.34. The number of likely N-dealkylation sites (N-methyl/N-ethyl adjacent to an activating group) is 1. The van der Waals surface area contributed by atoms with Gasteiger partial charge in [-0.15, -0.1) is 0 Å². The highest BCUT2D eigenvalue weighted by atomic mass is 16.3. The third kappa shape index (κ3) is 7.51. The normalized spacial score (nSPS) is 10.2. The zero-order valence-corrected chi connectivity index (χ0v) is 15.4. The number of H-pyrrole nitrogens is 1. The molecule has 2 rings (SSSR count). The number of nitrogens with one attached hydrogen (secondary N) is 1. The van der Waals surface area contributed by atoms with Gasteiger partial charge in [0.05, 0.1) is 0 Å². The van der Waals surface area contributed by atoms with E-state index < -0.39 is 0 Å². The summed E-state index contributed by atoms with van der Waals surface area (Å²) in [6.07, 6.45) is 4.32. The number of aromatic hydroxyl groups is 1. The SMILES string of the molecule is CC.CCC(C)C.CN(C)CCc1c[nH]c2ccc(O)cc12. The second kappa shape index (κ2) is 11.1. The zero-order valence-electron chi connectivity index (χ0n) is 15.4. The molecule has 0 aliphatic rings. The molecular formula is C19H34N2O. The van der Waals surface area contributed by atoms with E-state index in [1.807, 2.05) is 32.2 Å². The number of rotatable bonds is 4. The van der Waals surface area contributed by atoms with E-state index in [1.165, 1.54) is 12.0 Å². The van der Waals surface area contributed by atoms with E-state index in [0.29, 0.717) is 5.75 Å². The molecule has 0 spiro atoms. The second-order valence-corrected chi connectivity index (χ2v) is 5.90.